The second-order valence-electron chi connectivity index (χ2n) is 6.86. The zero-order valence-corrected chi connectivity index (χ0v) is 13.6. The Balaban J connectivity index is 1.68. The molecule has 1 saturated heterocycles. The number of hydrogen-bond donors (Lipinski definition) is 1. The lowest BCUT2D eigenvalue weighted by molar-refractivity contribution is 0.0194. The van der Waals surface area contributed by atoms with Crippen molar-refractivity contribution in [1.82, 2.24) is 20.0 Å². The van der Waals surface area contributed by atoms with Crippen LogP contribution in [0.3, 0.4) is 0 Å². The summed E-state index contributed by atoms with van der Waals surface area (Å²) >= 11 is 0. The van der Waals surface area contributed by atoms with Gasteiger partial charge in [0.2, 0.25) is 0 Å². The summed E-state index contributed by atoms with van der Waals surface area (Å²) in [6.45, 7) is 11.5. The average Bonchev–Trinajstić information content (AvgIpc) is 2.89. The average molecular weight is 307 g/mol. The molecule has 7 nitrogen and oxygen atoms in total. The minimum Gasteiger partial charge on any atom is -0.444 e. The number of fused-ring (bicyclic) bond motifs is 1. The van der Waals surface area contributed by atoms with E-state index in [-0.39, 0.29) is 6.09 Å². The first-order valence-electron chi connectivity index (χ1n) is 7.93. The van der Waals surface area contributed by atoms with Gasteiger partial charge in [0.1, 0.15) is 5.60 Å². The van der Waals surface area contributed by atoms with Crippen molar-refractivity contribution in [2.75, 3.05) is 37.6 Å². The predicted molar refractivity (Wildman–Crippen MR) is 84.0 cm³/mol. The number of nitrogens with one attached hydrogen (secondary N) is 1. The Bertz CT molecular complexity index is 543. The van der Waals surface area contributed by atoms with E-state index in [0.29, 0.717) is 13.1 Å². The molecule has 122 valence electrons. The Kier molecular flexibility index (Phi) is 3.99. The maximum atomic E-state index is 12.2. The minimum atomic E-state index is -0.458. The summed E-state index contributed by atoms with van der Waals surface area (Å²) < 4.78 is 7.47. The number of aromatic nitrogens is 2. The maximum Gasteiger partial charge on any atom is 0.410 e. The molecule has 3 rings (SSSR count). The van der Waals surface area contributed by atoms with Crippen LogP contribution in [0, 0.1) is 0 Å². The highest BCUT2D eigenvalue weighted by Crippen LogP contribution is 2.21. The molecule has 0 spiro atoms. The van der Waals surface area contributed by atoms with Crippen LogP contribution in [0.5, 0.6) is 0 Å². The van der Waals surface area contributed by atoms with Crippen molar-refractivity contribution in [3.63, 3.8) is 0 Å². The standard InChI is InChI=1S/C15H25N5O2/c1-15(2,3)22-14(21)19-8-9-20-12(11-19)10-13(17-20)18-6-4-16-5-7-18/h10,16H,4-9,11H2,1-3H3. The number of amides is 1. The van der Waals surface area contributed by atoms with Gasteiger partial charge in [-0.3, -0.25) is 4.68 Å². The third-order valence-electron chi connectivity index (χ3n) is 3.88. The van der Waals surface area contributed by atoms with E-state index in [4.69, 9.17) is 4.74 Å². The van der Waals surface area contributed by atoms with E-state index in [9.17, 15) is 4.79 Å². The molecule has 2 aliphatic heterocycles. The van der Waals surface area contributed by atoms with Crippen LogP contribution in [0.25, 0.3) is 0 Å². The molecule has 1 N–H and O–H groups in total. The molecule has 7 heteroatoms. The number of nitrogens with zero attached hydrogens (tertiary/aromatic N) is 4. The van der Waals surface area contributed by atoms with Gasteiger partial charge >= 0.3 is 6.09 Å². The molecule has 3 heterocycles. The van der Waals surface area contributed by atoms with Crippen molar-refractivity contribution in [3.8, 4) is 0 Å². The van der Waals surface area contributed by atoms with E-state index < -0.39 is 5.60 Å². The van der Waals surface area contributed by atoms with Crippen molar-refractivity contribution in [2.45, 2.75) is 39.5 Å². The molecule has 1 aromatic rings. The highest BCUT2D eigenvalue weighted by molar-refractivity contribution is 5.68. The minimum absolute atomic E-state index is 0.247. The van der Waals surface area contributed by atoms with Crippen LogP contribution in [0.15, 0.2) is 6.07 Å². The van der Waals surface area contributed by atoms with Crippen LogP contribution >= 0.6 is 0 Å². The molecule has 22 heavy (non-hydrogen) atoms. The first kappa shape index (κ1) is 15.1. The summed E-state index contributed by atoms with van der Waals surface area (Å²) in [6.07, 6.45) is -0.247. The summed E-state index contributed by atoms with van der Waals surface area (Å²) in [5, 5.41) is 8.02. The normalized spacial score (nSPS) is 19.0. The van der Waals surface area contributed by atoms with Gasteiger partial charge in [-0.15, -0.1) is 0 Å². The fourth-order valence-electron chi connectivity index (χ4n) is 2.78. The molecule has 1 amide bonds. The quantitative estimate of drug-likeness (QED) is 0.840. The molecular weight excluding hydrogens is 282 g/mol. The van der Waals surface area contributed by atoms with Crippen LogP contribution < -0.4 is 10.2 Å². The van der Waals surface area contributed by atoms with Gasteiger partial charge in [-0.25, -0.2) is 4.79 Å². The van der Waals surface area contributed by atoms with Gasteiger partial charge in [-0.05, 0) is 20.8 Å². The highest BCUT2D eigenvalue weighted by atomic mass is 16.6. The lowest BCUT2D eigenvalue weighted by Gasteiger charge is -2.30. The number of rotatable bonds is 1. The molecule has 0 aromatic carbocycles. The van der Waals surface area contributed by atoms with Crippen molar-refractivity contribution in [2.24, 2.45) is 0 Å². The molecule has 0 aliphatic carbocycles. The van der Waals surface area contributed by atoms with Crippen LogP contribution in [-0.2, 0) is 17.8 Å². The first-order chi connectivity index (χ1) is 10.4. The smallest absolute Gasteiger partial charge is 0.410 e. The fraction of sp³-hybridized carbons (Fsp3) is 0.733. The Morgan fingerprint density at radius 1 is 1.23 bits per heavy atom. The van der Waals surface area contributed by atoms with E-state index >= 15 is 0 Å². The third-order valence-corrected chi connectivity index (χ3v) is 3.88. The van der Waals surface area contributed by atoms with Crippen LogP contribution in [0.1, 0.15) is 26.5 Å². The van der Waals surface area contributed by atoms with Crippen molar-refractivity contribution >= 4 is 11.9 Å². The summed E-state index contributed by atoms with van der Waals surface area (Å²) in [5.74, 6) is 1.02. The molecule has 2 aliphatic rings. The third kappa shape index (κ3) is 3.35. The monoisotopic (exact) mass is 307 g/mol. The molecule has 0 bridgehead atoms. The second kappa shape index (κ2) is 5.79. The maximum absolute atomic E-state index is 12.2. The lowest BCUT2D eigenvalue weighted by atomic mass is 10.2. The summed E-state index contributed by atoms with van der Waals surface area (Å²) in [6, 6.07) is 2.10. The lowest BCUT2D eigenvalue weighted by Crippen LogP contribution is -2.43. The Hall–Kier alpha value is -1.76. The van der Waals surface area contributed by atoms with E-state index in [1.54, 1.807) is 4.90 Å². The van der Waals surface area contributed by atoms with Crippen molar-refractivity contribution in [1.29, 1.82) is 0 Å². The van der Waals surface area contributed by atoms with Crippen LogP contribution in [0.4, 0.5) is 10.6 Å². The van der Waals surface area contributed by atoms with Gasteiger partial charge in [0, 0.05) is 38.8 Å². The SMILES string of the molecule is CC(C)(C)OC(=O)N1CCn2nc(N3CCNCC3)cc2C1. The van der Waals surface area contributed by atoms with E-state index in [0.717, 1.165) is 44.2 Å². The van der Waals surface area contributed by atoms with E-state index in [1.165, 1.54) is 0 Å². The molecule has 0 radical (unpaired) electrons. The van der Waals surface area contributed by atoms with Gasteiger partial charge < -0.3 is 19.9 Å². The zero-order chi connectivity index (χ0) is 15.7. The summed E-state index contributed by atoms with van der Waals surface area (Å²) in [7, 11) is 0. The fourth-order valence-corrected chi connectivity index (χ4v) is 2.78. The molecule has 0 unspecified atom stereocenters. The number of anilines is 1. The number of ether oxygens (including phenoxy) is 1. The zero-order valence-electron chi connectivity index (χ0n) is 13.6. The Morgan fingerprint density at radius 2 is 1.95 bits per heavy atom. The van der Waals surface area contributed by atoms with Crippen LogP contribution in [0.2, 0.25) is 0 Å². The van der Waals surface area contributed by atoms with Crippen LogP contribution in [-0.4, -0.2) is 59.1 Å². The van der Waals surface area contributed by atoms with Gasteiger partial charge in [0.05, 0.1) is 18.8 Å². The van der Waals surface area contributed by atoms with E-state index in [2.05, 4.69) is 21.4 Å². The first-order valence-corrected chi connectivity index (χ1v) is 7.93. The Labute approximate surface area is 131 Å². The second-order valence-corrected chi connectivity index (χ2v) is 6.86. The van der Waals surface area contributed by atoms with Gasteiger partial charge in [-0.1, -0.05) is 0 Å². The number of piperazine rings is 1. The number of hydrogen-bond acceptors (Lipinski definition) is 5. The molecular formula is C15H25N5O2. The molecule has 0 atom stereocenters. The highest BCUT2D eigenvalue weighted by Gasteiger charge is 2.27. The summed E-state index contributed by atoms with van der Waals surface area (Å²) in [4.78, 5) is 16.2. The van der Waals surface area contributed by atoms with Gasteiger partial charge in [0.15, 0.2) is 5.82 Å². The molecule has 1 aromatic heterocycles. The van der Waals surface area contributed by atoms with Crippen molar-refractivity contribution < 1.29 is 9.53 Å². The largest absolute Gasteiger partial charge is 0.444 e. The van der Waals surface area contributed by atoms with E-state index in [1.807, 2.05) is 25.5 Å². The molecule has 0 saturated carbocycles. The molecule has 1 fully saturated rings. The van der Waals surface area contributed by atoms with Gasteiger partial charge in [-0.2, -0.15) is 5.10 Å². The van der Waals surface area contributed by atoms with Crippen molar-refractivity contribution in [3.05, 3.63) is 11.8 Å². The number of carbonyl (C=O) groups is 1. The summed E-state index contributed by atoms with van der Waals surface area (Å²) in [5.41, 5.74) is 0.617. The number of carbonyl (C=O) groups excluding carboxylic acids is 1. The van der Waals surface area contributed by atoms with Gasteiger partial charge in [0.25, 0.3) is 0 Å². The predicted octanol–water partition coefficient (Wildman–Crippen LogP) is 1.04. The Morgan fingerprint density at radius 3 is 2.64 bits per heavy atom. The topological polar surface area (TPSA) is 62.6 Å².